The molecule has 2 atom stereocenters. The Balaban J connectivity index is 1.90. The van der Waals surface area contributed by atoms with Crippen LogP contribution in [0, 0.1) is 12.7 Å². The summed E-state index contributed by atoms with van der Waals surface area (Å²) in [6.45, 7) is 12.9. The van der Waals surface area contributed by atoms with Crippen LogP contribution in [0.25, 0.3) is 34.1 Å². The van der Waals surface area contributed by atoms with Crippen LogP contribution in [0.15, 0.2) is 66.6 Å². The number of hydrogen-bond acceptors (Lipinski definition) is 6. The van der Waals surface area contributed by atoms with E-state index in [1.54, 1.807) is 35.2 Å². The highest BCUT2D eigenvalue weighted by Gasteiger charge is 2.34. The normalized spacial score (nSPS) is 18.5. The number of carbonyl (C=O) groups excluding carboxylic acids is 1. The number of piperazine rings is 1. The van der Waals surface area contributed by atoms with E-state index in [-0.39, 0.29) is 57.7 Å². The predicted molar refractivity (Wildman–Crippen MR) is 165 cm³/mol. The number of carbonyl (C=O) groups is 1. The molecule has 0 aliphatic carbocycles. The standard InChI is InChI=1S/C33H35FN6O2/c1-8-23-12-10-11-13-24(23)29-26(34)16-25-31(36-29)40(30-20(5)14-15-35-28(30)19(3)4)33(42)37-32(25)39-21(6)17-38(18-22(39)7)27(41)9-2/h8-16,19,21-22H,1-2,17-18H2,3-7H3/t21-,22-/m0/s1/i5D3. The summed E-state index contributed by atoms with van der Waals surface area (Å²) >= 11 is 0. The van der Waals surface area contributed by atoms with Gasteiger partial charge in [0, 0.05) is 41.0 Å². The van der Waals surface area contributed by atoms with Gasteiger partial charge in [-0.3, -0.25) is 9.78 Å². The van der Waals surface area contributed by atoms with Gasteiger partial charge in [-0.25, -0.2) is 18.7 Å². The number of pyridine rings is 2. The molecule has 3 aromatic heterocycles. The lowest BCUT2D eigenvalue weighted by Gasteiger charge is -2.45. The molecule has 5 rings (SSSR count). The molecule has 42 heavy (non-hydrogen) atoms. The number of amides is 1. The predicted octanol–water partition coefficient (Wildman–Crippen LogP) is 5.67. The van der Waals surface area contributed by atoms with E-state index in [4.69, 9.17) is 9.10 Å². The van der Waals surface area contributed by atoms with Crippen molar-refractivity contribution >= 4 is 28.8 Å². The summed E-state index contributed by atoms with van der Waals surface area (Å²) in [5.41, 5.74) is 0.601. The second-order valence-electron chi connectivity index (χ2n) is 10.8. The van der Waals surface area contributed by atoms with Crippen LogP contribution in [0.2, 0.25) is 0 Å². The maximum absolute atomic E-state index is 16.2. The second kappa shape index (κ2) is 11.3. The number of aryl methyl sites for hydroxylation is 1. The van der Waals surface area contributed by atoms with Crippen LogP contribution in [0.1, 0.15) is 54.5 Å². The molecule has 0 unspecified atom stereocenters. The van der Waals surface area contributed by atoms with Gasteiger partial charge in [0.1, 0.15) is 17.3 Å². The number of fused-ring (bicyclic) bond motifs is 1. The van der Waals surface area contributed by atoms with E-state index < -0.39 is 18.4 Å². The Morgan fingerprint density at radius 2 is 1.86 bits per heavy atom. The quantitative estimate of drug-likeness (QED) is 0.278. The maximum Gasteiger partial charge on any atom is 0.355 e. The average Bonchev–Trinajstić information content (AvgIpc) is 2.99. The molecule has 1 amide bonds. The summed E-state index contributed by atoms with van der Waals surface area (Å²) in [6.07, 6.45) is 4.25. The molecule has 4 heterocycles. The van der Waals surface area contributed by atoms with E-state index in [1.165, 1.54) is 24.4 Å². The third-order valence-corrected chi connectivity index (χ3v) is 7.61. The first-order valence-electron chi connectivity index (χ1n) is 15.3. The molecule has 0 N–H and O–H groups in total. The first-order valence-corrected chi connectivity index (χ1v) is 13.8. The van der Waals surface area contributed by atoms with E-state index in [9.17, 15) is 9.59 Å². The van der Waals surface area contributed by atoms with Gasteiger partial charge in [-0.05, 0) is 56.0 Å². The van der Waals surface area contributed by atoms with Crippen molar-refractivity contribution < 1.29 is 13.3 Å². The summed E-state index contributed by atoms with van der Waals surface area (Å²) in [5, 5.41) is 0.212. The minimum Gasteiger partial charge on any atom is -0.347 e. The van der Waals surface area contributed by atoms with E-state index >= 15 is 4.39 Å². The van der Waals surface area contributed by atoms with Gasteiger partial charge in [-0.15, -0.1) is 0 Å². The highest BCUT2D eigenvalue weighted by atomic mass is 19.1. The van der Waals surface area contributed by atoms with Crippen LogP contribution in [-0.4, -0.2) is 55.5 Å². The molecule has 1 saturated heterocycles. The fourth-order valence-electron chi connectivity index (χ4n) is 5.76. The van der Waals surface area contributed by atoms with Crippen molar-refractivity contribution in [2.75, 3.05) is 18.0 Å². The molecule has 216 valence electrons. The Morgan fingerprint density at radius 3 is 2.50 bits per heavy atom. The third kappa shape index (κ3) is 4.89. The van der Waals surface area contributed by atoms with Gasteiger partial charge >= 0.3 is 5.69 Å². The van der Waals surface area contributed by atoms with Gasteiger partial charge < -0.3 is 9.80 Å². The van der Waals surface area contributed by atoms with Crippen molar-refractivity contribution in [1.29, 1.82) is 0 Å². The number of nitrogens with zero attached hydrogens (tertiary/aromatic N) is 6. The number of halogens is 1. The van der Waals surface area contributed by atoms with Gasteiger partial charge in [0.15, 0.2) is 5.65 Å². The van der Waals surface area contributed by atoms with Gasteiger partial charge in [0.05, 0.1) is 16.8 Å². The van der Waals surface area contributed by atoms with Crippen molar-refractivity contribution in [3.8, 4) is 16.9 Å². The number of benzene rings is 1. The van der Waals surface area contributed by atoms with E-state index in [0.29, 0.717) is 29.9 Å². The first-order chi connectivity index (χ1) is 21.3. The largest absolute Gasteiger partial charge is 0.355 e. The molecule has 1 fully saturated rings. The summed E-state index contributed by atoms with van der Waals surface area (Å²) in [4.78, 5) is 43.9. The Labute approximate surface area is 249 Å². The molecule has 0 saturated carbocycles. The maximum atomic E-state index is 16.2. The van der Waals surface area contributed by atoms with Crippen molar-refractivity contribution in [2.45, 2.75) is 52.5 Å². The molecule has 0 radical (unpaired) electrons. The zero-order valence-electron chi connectivity index (χ0n) is 27.1. The van der Waals surface area contributed by atoms with E-state index in [1.807, 2.05) is 32.6 Å². The third-order valence-electron chi connectivity index (χ3n) is 7.61. The Bertz CT molecular complexity index is 1880. The van der Waals surface area contributed by atoms with Gasteiger partial charge in [0.2, 0.25) is 5.91 Å². The van der Waals surface area contributed by atoms with Crippen LogP contribution < -0.4 is 10.6 Å². The summed E-state index contributed by atoms with van der Waals surface area (Å²) in [6, 6.07) is 9.05. The molecule has 1 aliphatic rings. The number of aromatic nitrogens is 4. The zero-order chi connectivity index (χ0) is 32.8. The van der Waals surface area contributed by atoms with Crippen molar-refractivity contribution in [3.63, 3.8) is 0 Å². The van der Waals surface area contributed by atoms with Crippen LogP contribution in [-0.2, 0) is 4.79 Å². The van der Waals surface area contributed by atoms with E-state index in [2.05, 4.69) is 23.1 Å². The summed E-state index contributed by atoms with van der Waals surface area (Å²) in [5.74, 6) is -0.954. The Kier molecular flexibility index (Phi) is 6.76. The van der Waals surface area contributed by atoms with Crippen LogP contribution in [0.3, 0.4) is 0 Å². The monoisotopic (exact) mass is 569 g/mol. The minimum atomic E-state index is -2.61. The summed E-state index contributed by atoms with van der Waals surface area (Å²) < 4.78 is 42.2. The molecule has 0 spiro atoms. The molecule has 1 aromatic carbocycles. The van der Waals surface area contributed by atoms with Gasteiger partial charge in [0.25, 0.3) is 0 Å². The minimum absolute atomic E-state index is 0.0313. The molecule has 9 heteroatoms. The Hall–Kier alpha value is -4.66. The number of hydrogen-bond donors (Lipinski definition) is 0. The second-order valence-corrected chi connectivity index (χ2v) is 10.8. The molecular formula is C33H35FN6O2. The van der Waals surface area contributed by atoms with E-state index in [0.717, 1.165) is 4.57 Å². The van der Waals surface area contributed by atoms with Crippen LogP contribution >= 0.6 is 0 Å². The molecule has 8 nitrogen and oxygen atoms in total. The van der Waals surface area contributed by atoms with Gasteiger partial charge in [-0.2, -0.15) is 4.98 Å². The van der Waals surface area contributed by atoms with Crippen LogP contribution in [0.5, 0.6) is 0 Å². The average molecular weight is 570 g/mol. The highest BCUT2D eigenvalue weighted by Crippen LogP contribution is 2.35. The smallest absolute Gasteiger partial charge is 0.347 e. The lowest BCUT2D eigenvalue weighted by molar-refractivity contribution is -0.127. The van der Waals surface area contributed by atoms with Crippen molar-refractivity contribution in [2.24, 2.45) is 0 Å². The number of rotatable bonds is 6. The molecule has 0 bridgehead atoms. The fraction of sp³-hybridized carbons (Fsp3) is 0.303. The SMILES string of the molecule is [2H]C([2H])([2H])c1ccnc(C(C)C)c1-n1c(=O)nc(N2[C@@H](C)CN(C(=O)C=C)C[C@@H]2C)c2cc(F)c(-c3ccccc3C=C)nc21. The molecular weight excluding hydrogens is 531 g/mol. The lowest BCUT2D eigenvalue weighted by Crippen LogP contribution is -2.58. The Morgan fingerprint density at radius 1 is 1.14 bits per heavy atom. The topological polar surface area (TPSA) is 84.2 Å². The lowest BCUT2D eigenvalue weighted by atomic mass is 10.0. The number of anilines is 1. The summed E-state index contributed by atoms with van der Waals surface area (Å²) in [7, 11) is 0. The van der Waals surface area contributed by atoms with Gasteiger partial charge in [-0.1, -0.05) is 57.3 Å². The highest BCUT2D eigenvalue weighted by molar-refractivity contribution is 5.92. The van der Waals surface area contributed by atoms with Crippen molar-refractivity contribution in [3.05, 3.63) is 95.0 Å². The zero-order valence-corrected chi connectivity index (χ0v) is 24.1. The molecule has 1 aliphatic heterocycles. The molecule has 4 aromatic rings. The fourth-order valence-corrected chi connectivity index (χ4v) is 5.76. The van der Waals surface area contributed by atoms with Crippen molar-refractivity contribution in [1.82, 2.24) is 24.4 Å². The van der Waals surface area contributed by atoms with Crippen LogP contribution in [0.4, 0.5) is 10.2 Å². The first kappa shape index (κ1) is 25.1.